The van der Waals surface area contributed by atoms with Gasteiger partial charge in [-0.25, -0.2) is 23.7 Å². The quantitative estimate of drug-likeness (QED) is 0.148. The van der Waals surface area contributed by atoms with Gasteiger partial charge >= 0.3 is 23.5 Å². The van der Waals surface area contributed by atoms with E-state index in [9.17, 15) is 33.7 Å². The summed E-state index contributed by atoms with van der Waals surface area (Å²) in [6.07, 6.45) is 0.942. The Morgan fingerprint density at radius 3 is 2.55 bits per heavy atom. The van der Waals surface area contributed by atoms with E-state index in [1.54, 1.807) is 0 Å². The smallest absolute Gasteiger partial charge is 0.386 e. The molecule has 0 amide bonds. The van der Waals surface area contributed by atoms with E-state index >= 15 is 0 Å². The molecule has 3 unspecified atom stereocenters. The number of rotatable bonds is 8. The molecule has 0 aromatic carbocycles. The van der Waals surface area contributed by atoms with Crippen molar-refractivity contribution in [1.82, 2.24) is 19.5 Å². The van der Waals surface area contributed by atoms with Gasteiger partial charge in [0.15, 0.2) is 17.5 Å². The molecule has 8 N–H and O–H groups in total. The van der Waals surface area contributed by atoms with Crippen LogP contribution in [0.25, 0.3) is 11.2 Å². The zero-order valence-corrected chi connectivity index (χ0v) is 18.4. The minimum Gasteiger partial charge on any atom is -0.386 e. The van der Waals surface area contributed by atoms with Crippen molar-refractivity contribution < 1.29 is 64.1 Å². The number of imidazole rings is 1. The molecular weight excluding hydrogens is 515 g/mol. The molecule has 0 radical (unpaired) electrons. The standard InChI is InChI=1S/C12H16N5O13P3/c1-2-12(19)8(18)7(4-27-32(23,24)30-33(25,26)29-31(20,21)22)28-10(12)17-5-15-6-3-14-11(13)16-9(6)17/h1,3,5,7-8,10,18-19H,4H2,(H,23,24)(H,25,26)(H2,13,14,16)(H2,20,21,22)/t7-,8+,10-,12?/m1/s1/i4D2. The van der Waals surface area contributed by atoms with Crippen molar-refractivity contribution >= 4 is 40.6 Å². The number of phosphoric ester groups is 1. The van der Waals surface area contributed by atoms with Crippen LogP contribution in [-0.2, 0) is 31.6 Å². The Balaban J connectivity index is 1.92. The monoisotopic (exact) mass is 533 g/mol. The van der Waals surface area contributed by atoms with Gasteiger partial charge in [-0.15, -0.1) is 6.42 Å². The van der Waals surface area contributed by atoms with Crippen LogP contribution in [0.1, 0.15) is 8.97 Å². The normalized spacial score (nSPS) is 30.8. The summed E-state index contributed by atoms with van der Waals surface area (Å²) in [6.45, 7) is -3.62. The molecule has 0 spiro atoms. The molecule has 0 aliphatic carbocycles. The number of hydrogen-bond donors (Lipinski definition) is 7. The largest absolute Gasteiger partial charge is 0.490 e. The summed E-state index contributed by atoms with van der Waals surface area (Å²) in [5.41, 5.74) is 2.84. The lowest BCUT2D eigenvalue weighted by Gasteiger charge is -2.26. The number of nitrogen functional groups attached to an aromatic ring is 1. The van der Waals surface area contributed by atoms with E-state index in [4.69, 9.17) is 29.4 Å². The fourth-order valence-corrected chi connectivity index (χ4v) is 5.52. The molecule has 1 saturated heterocycles. The molecule has 0 bridgehead atoms. The number of nitrogens with zero attached hydrogens (tertiary/aromatic N) is 4. The number of aromatic nitrogens is 4. The van der Waals surface area contributed by atoms with Gasteiger partial charge in [-0.2, -0.15) is 13.6 Å². The Morgan fingerprint density at radius 1 is 1.27 bits per heavy atom. The van der Waals surface area contributed by atoms with Crippen molar-refractivity contribution in [3.63, 3.8) is 0 Å². The van der Waals surface area contributed by atoms with Crippen molar-refractivity contribution in [2.75, 3.05) is 12.3 Å². The Kier molecular flexibility index (Phi) is 6.10. The highest BCUT2D eigenvalue weighted by molar-refractivity contribution is 7.66. The average Bonchev–Trinajstić information content (AvgIpc) is 3.17. The van der Waals surface area contributed by atoms with Gasteiger partial charge in [0.2, 0.25) is 5.95 Å². The first-order valence-corrected chi connectivity index (χ1v) is 12.7. The third kappa shape index (κ3) is 5.65. The average molecular weight is 533 g/mol. The van der Waals surface area contributed by atoms with Gasteiger partial charge in [0, 0.05) is 0 Å². The first kappa shape index (κ1) is 23.0. The minimum atomic E-state index is -6.01. The SMILES string of the molecule is [2H]C([2H])(OP(=O)(O)OP(=O)(O)OP(=O)(O)O)[C@H]1O[C@@H](n2cnc3cnc(N)nc32)C(O)(C#C)[C@H]1O. The predicted molar refractivity (Wildman–Crippen MR) is 103 cm³/mol. The molecule has 1 aliphatic rings. The van der Waals surface area contributed by atoms with Crippen LogP contribution in [0.3, 0.4) is 0 Å². The van der Waals surface area contributed by atoms with Crippen LogP contribution in [0.5, 0.6) is 0 Å². The predicted octanol–water partition coefficient (Wildman–Crippen LogP) is -1.63. The Hall–Kier alpha value is -1.80. The molecule has 3 rings (SSSR count). The van der Waals surface area contributed by atoms with E-state index in [0.717, 1.165) is 10.9 Å². The third-order valence-electron chi connectivity index (χ3n) is 3.91. The number of aliphatic hydroxyl groups is 2. The van der Waals surface area contributed by atoms with Crippen LogP contribution >= 0.6 is 23.5 Å². The van der Waals surface area contributed by atoms with Crippen LogP contribution in [0, 0.1) is 12.3 Å². The van der Waals surface area contributed by atoms with Crippen molar-refractivity contribution in [2.45, 2.75) is 24.0 Å². The first-order valence-electron chi connectivity index (χ1n) is 9.13. The number of fused-ring (bicyclic) bond motifs is 1. The summed E-state index contributed by atoms with van der Waals surface area (Å²) in [6, 6.07) is 0. The van der Waals surface area contributed by atoms with Gasteiger partial charge in [-0.1, -0.05) is 5.92 Å². The number of phosphoric acid groups is 3. The van der Waals surface area contributed by atoms with Crippen LogP contribution in [0.4, 0.5) is 5.95 Å². The molecule has 6 atom stereocenters. The molecule has 2 aromatic heterocycles. The highest BCUT2D eigenvalue weighted by atomic mass is 31.3. The van der Waals surface area contributed by atoms with Gasteiger partial charge in [0.1, 0.15) is 17.7 Å². The Labute approximate surface area is 186 Å². The maximum Gasteiger partial charge on any atom is 0.490 e. The lowest BCUT2D eigenvalue weighted by atomic mass is 9.95. The number of aliphatic hydroxyl groups excluding tert-OH is 1. The summed E-state index contributed by atoms with van der Waals surface area (Å²) in [5, 5.41) is 21.4. The van der Waals surface area contributed by atoms with Crippen LogP contribution in [-0.4, -0.2) is 73.7 Å². The maximum absolute atomic E-state index is 12.1. The van der Waals surface area contributed by atoms with Gasteiger partial charge in [-0.3, -0.25) is 9.09 Å². The molecular formula is C12H16N5O13P3. The first-order chi connectivity index (χ1) is 15.8. The second kappa shape index (κ2) is 8.77. The topological polar surface area (TPSA) is 279 Å². The van der Waals surface area contributed by atoms with E-state index in [1.165, 1.54) is 6.20 Å². The van der Waals surface area contributed by atoms with Crippen LogP contribution in [0.15, 0.2) is 12.5 Å². The molecule has 3 heterocycles. The number of anilines is 1. The van der Waals surface area contributed by atoms with Gasteiger partial charge in [-0.05, 0) is 0 Å². The maximum atomic E-state index is 12.1. The fraction of sp³-hybridized carbons (Fsp3) is 0.417. The van der Waals surface area contributed by atoms with E-state index in [0.29, 0.717) is 0 Å². The highest BCUT2D eigenvalue weighted by Crippen LogP contribution is 2.66. The number of hydrogen-bond acceptors (Lipinski definition) is 13. The molecule has 2 aromatic rings. The van der Waals surface area contributed by atoms with Crippen molar-refractivity contribution in [2.24, 2.45) is 0 Å². The number of terminal acetylenes is 1. The van der Waals surface area contributed by atoms with Crippen molar-refractivity contribution in [1.29, 1.82) is 0 Å². The van der Waals surface area contributed by atoms with E-state index in [2.05, 4.69) is 28.1 Å². The van der Waals surface area contributed by atoms with Crippen LogP contribution in [0.2, 0.25) is 0 Å². The van der Waals surface area contributed by atoms with Crippen LogP contribution < -0.4 is 5.73 Å². The summed E-state index contributed by atoms with van der Waals surface area (Å²) in [7, 11) is -17.7. The molecule has 182 valence electrons. The lowest BCUT2D eigenvalue weighted by molar-refractivity contribution is -0.0717. The number of ether oxygens (including phenoxy) is 1. The highest BCUT2D eigenvalue weighted by Gasteiger charge is 2.56. The molecule has 21 heteroatoms. The summed E-state index contributed by atoms with van der Waals surface area (Å²) in [4.78, 5) is 47.5. The molecule has 1 aliphatic heterocycles. The van der Waals surface area contributed by atoms with Gasteiger partial charge in [0.05, 0.1) is 21.8 Å². The number of nitrogens with two attached hydrogens (primary N) is 1. The van der Waals surface area contributed by atoms with E-state index in [-0.39, 0.29) is 17.1 Å². The zero-order chi connectivity index (χ0) is 26.6. The second-order valence-electron chi connectivity index (χ2n) is 6.21. The summed E-state index contributed by atoms with van der Waals surface area (Å²) >= 11 is 0. The Bertz CT molecular complexity index is 1330. The van der Waals surface area contributed by atoms with Gasteiger partial charge < -0.3 is 40.3 Å². The molecule has 1 fully saturated rings. The summed E-state index contributed by atoms with van der Waals surface area (Å²) in [5.74, 6) is 1.58. The molecule has 0 saturated carbocycles. The third-order valence-corrected chi connectivity index (χ3v) is 7.57. The van der Waals surface area contributed by atoms with E-state index in [1.807, 2.05) is 5.92 Å². The zero-order valence-electron chi connectivity index (χ0n) is 17.7. The molecule has 18 nitrogen and oxygen atoms in total. The lowest BCUT2D eigenvalue weighted by Crippen LogP contribution is -2.45. The minimum absolute atomic E-state index is 0.0718. The molecule has 33 heavy (non-hydrogen) atoms. The van der Waals surface area contributed by atoms with Crippen molar-refractivity contribution in [3.8, 4) is 12.3 Å². The van der Waals surface area contributed by atoms with Crippen molar-refractivity contribution in [3.05, 3.63) is 12.5 Å². The van der Waals surface area contributed by atoms with Gasteiger partial charge in [0.25, 0.3) is 0 Å². The van der Waals surface area contributed by atoms with E-state index < -0.39 is 54.1 Å². The second-order valence-corrected chi connectivity index (χ2v) is 10.6. The summed E-state index contributed by atoms with van der Waals surface area (Å²) < 4.78 is 67.5. The fourth-order valence-electron chi connectivity index (χ4n) is 2.65. The Morgan fingerprint density at radius 2 is 1.94 bits per heavy atom.